The predicted octanol–water partition coefficient (Wildman–Crippen LogP) is 1.47. The van der Waals surface area contributed by atoms with Crippen LogP contribution in [-0.4, -0.2) is 75.3 Å². The Bertz CT molecular complexity index is 1290. The Hall–Kier alpha value is -2.18. The molecule has 2 aromatic rings. The summed E-state index contributed by atoms with van der Waals surface area (Å²) in [5.41, 5.74) is 7.85. The molecule has 1 unspecified atom stereocenters. The first kappa shape index (κ1) is 29.4. The molecule has 2 aliphatic rings. The highest BCUT2D eigenvalue weighted by atomic mass is 35.5. The Morgan fingerprint density at radius 2 is 1.92 bits per heavy atom. The van der Waals surface area contributed by atoms with Gasteiger partial charge in [0.05, 0.1) is 16.1 Å². The molecule has 1 aromatic heterocycles. The van der Waals surface area contributed by atoms with Crippen molar-refractivity contribution in [3.63, 3.8) is 0 Å². The maximum absolute atomic E-state index is 13.5. The fraction of sp³-hybridized carbons (Fsp3) is 0.542. The van der Waals surface area contributed by atoms with E-state index >= 15 is 0 Å². The first-order valence-corrected chi connectivity index (χ1v) is 13.7. The van der Waals surface area contributed by atoms with Gasteiger partial charge in [0.1, 0.15) is 5.69 Å². The van der Waals surface area contributed by atoms with Crippen molar-refractivity contribution < 1.29 is 23.1 Å². The fourth-order valence-electron chi connectivity index (χ4n) is 4.75. The van der Waals surface area contributed by atoms with Crippen LogP contribution in [0.1, 0.15) is 58.8 Å². The molecule has 0 bridgehead atoms. The van der Waals surface area contributed by atoms with Crippen molar-refractivity contribution in [2.45, 2.75) is 55.2 Å². The summed E-state index contributed by atoms with van der Waals surface area (Å²) < 4.78 is 26.0. The lowest BCUT2D eigenvalue weighted by Crippen LogP contribution is -2.57. The monoisotopic (exact) mass is 573 g/mol. The van der Waals surface area contributed by atoms with Crippen molar-refractivity contribution in [1.29, 1.82) is 0 Å². The molecule has 13 heteroatoms. The third-order valence-electron chi connectivity index (χ3n) is 7.49. The smallest absolute Gasteiger partial charge is 0.272 e. The Labute approximate surface area is 227 Å². The van der Waals surface area contributed by atoms with Crippen LogP contribution in [0.4, 0.5) is 0 Å². The molecule has 1 aliphatic carbocycles. The number of amides is 2. The number of aliphatic hydroxyl groups excluding tert-OH is 1. The van der Waals surface area contributed by atoms with Crippen molar-refractivity contribution in [3.05, 3.63) is 51.8 Å². The number of benzene rings is 1. The molecular formula is C24H33Cl2N5O5S. The number of hydrogen-bond acceptors (Lipinski definition) is 7. The van der Waals surface area contributed by atoms with Crippen LogP contribution in [0.25, 0.3) is 0 Å². The standard InChI is InChI=1S/C24H32ClN5O5S.ClH/c1-23(2,18(26)13-31)36(34,35)24(9-10-24)14-30-11-8-17-19(28-29(3)20(17)22(30)33)21(32)27-12-15-4-6-16(25)7-5-15;/h4-7,18,31H,8-14,26H2,1-3H3,(H,27,32);1H. The van der Waals surface area contributed by atoms with Crippen molar-refractivity contribution in [2.75, 3.05) is 19.7 Å². The van der Waals surface area contributed by atoms with E-state index < -0.39 is 32.0 Å². The molecule has 1 atom stereocenters. The van der Waals surface area contributed by atoms with E-state index in [1.165, 1.54) is 23.4 Å². The number of nitrogens with zero attached hydrogens (tertiary/aromatic N) is 3. The minimum absolute atomic E-state index is 0. The van der Waals surface area contributed by atoms with Crippen molar-refractivity contribution in [2.24, 2.45) is 12.8 Å². The maximum Gasteiger partial charge on any atom is 0.272 e. The number of carbonyl (C=O) groups is 2. The summed E-state index contributed by atoms with van der Waals surface area (Å²) >= 11 is 5.90. The Balaban J connectivity index is 0.00000380. The van der Waals surface area contributed by atoms with Crippen molar-refractivity contribution in [1.82, 2.24) is 20.0 Å². The third-order valence-corrected chi connectivity index (χ3v) is 11.1. The summed E-state index contributed by atoms with van der Waals surface area (Å²) in [5.74, 6) is -0.738. The lowest BCUT2D eigenvalue weighted by atomic mass is 10.0. The van der Waals surface area contributed by atoms with E-state index in [1.54, 1.807) is 19.2 Å². The van der Waals surface area contributed by atoms with Crippen LogP contribution in [0, 0.1) is 0 Å². The van der Waals surface area contributed by atoms with Crippen LogP contribution < -0.4 is 11.1 Å². The average Bonchev–Trinajstić information content (AvgIpc) is 3.56. The summed E-state index contributed by atoms with van der Waals surface area (Å²) in [7, 11) is -2.17. The second-order valence-electron chi connectivity index (χ2n) is 10.2. The first-order chi connectivity index (χ1) is 16.8. The zero-order chi connectivity index (χ0) is 26.5. The largest absolute Gasteiger partial charge is 0.395 e. The lowest BCUT2D eigenvalue weighted by molar-refractivity contribution is 0.0724. The molecule has 0 saturated heterocycles. The van der Waals surface area contributed by atoms with Crippen LogP contribution >= 0.6 is 24.0 Å². The van der Waals surface area contributed by atoms with E-state index in [2.05, 4.69) is 10.4 Å². The Kier molecular flexibility index (Phi) is 8.36. The van der Waals surface area contributed by atoms with E-state index in [0.29, 0.717) is 29.8 Å². The zero-order valence-electron chi connectivity index (χ0n) is 21.0. The highest BCUT2D eigenvalue weighted by Crippen LogP contribution is 2.49. The van der Waals surface area contributed by atoms with Crippen LogP contribution in [-0.2, 0) is 29.9 Å². The van der Waals surface area contributed by atoms with Gasteiger partial charge in [-0.05, 0) is 50.8 Å². The fourth-order valence-corrected chi connectivity index (χ4v) is 7.43. The van der Waals surface area contributed by atoms with Crippen molar-refractivity contribution in [3.8, 4) is 0 Å². The molecule has 1 fully saturated rings. The minimum atomic E-state index is -3.77. The number of aromatic nitrogens is 2. The summed E-state index contributed by atoms with van der Waals surface area (Å²) in [5, 5.41) is 17.2. The molecule has 4 N–H and O–H groups in total. The van der Waals surface area contributed by atoms with Gasteiger partial charge in [-0.25, -0.2) is 8.42 Å². The zero-order valence-corrected chi connectivity index (χ0v) is 23.4. The summed E-state index contributed by atoms with van der Waals surface area (Å²) in [6, 6.07) is 6.17. The number of halogens is 2. The highest BCUT2D eigenvalue weighted by molar-refractivity contribution is 7.94. The van der Waals surface area contributed by atoms with Gasteiger partial charge in [0.25, 0.3) is 11.8 Å². The molecule has 0 radical (unpaired) electrons. The number of aryl methyl sites for hydroxylation is 1. The van der Waals surface area contributed by atoms with Gasteiger partial charge in [-0.1, -0.05) is 23.7 Å². The first-order valence-electron chi connectivity index (χ1n) is 11.8. The summed E-state index contributed by atoms with van der Waals surface area (Å²) in [4.78, 5) is 27.8. The van der Waals surface area contributed by atoms with Gasteiger partial charge >= 0.3 is 0 Å². The second kappa shape index (κ2) is 10.5. The number of nitrogens with one attached hydrogen (secondary N) is 1. The Morgan fingerprint density at radius 1 is 1.30 bits per heavy atom. The molecule has 1 aromatic carbocycles. The highest BCUT2D eigenvalue weighted by Gasteiger charge is 2.62. The number of nitrogens with two attached hydrogens (primary N) is 1. The van der Waals surface area contributed by atoms with Gasteiger partial charge in [-0.2, -0.15) is 5.10 Å². The van der Waals surface area contributed by atoms with Crippen molar-refractivity contribution >= 4 is 45.7 Å². The predicted molar refractivity (Wildman–Crippen MR) is 143 cm³/mol. The number of rotatable bonds is 9. The van der Waals surface area contributed by atoms with Gasteiger partial charge in [0.15, 0.2) is 15.5 Å². The number of fused-ring (bicyclic) bond motifs is 1. The van der Waals surface area contributed by atoms with Crippen LogP contribution in [0.2, 0.25) is 5.02 Å². The van der Waals surface area contributed by atoms with Gasteiger partial charge in [-0.15, -0.1) is 12.4 Å². The van der Waals surface area contributed by atoms with Crippen LogP contribution in [0.5, 0.6) is 0 Å². The number of sulfone groups is 1. The second-order valence-corrected chi connectivity index (χ2v) is 13.5. The van der Waals surface area contributed by atoms with Gasteiger partial charge in [0.2, 0.25) is 0 Å². The molecule has 4 rings (SSSR count). The van der Waals surface area contributed by atoms with E-state index in [9.17, 15) is 23.1 Å². The van der Waals surface area contributed by atoms with Gasteiger partial charge in [0, 0.05) is 43.3 Å². The number of hydrogen-bond donors (Lipinski definition) is 3. The molecule has 0 spiro atoms. The van der Waals surface area contributed by atoms with E-state index in [-0.39, 0.29) is 55.2 Å². The third kappa shape index (κ3) is 5.12. The molecular weight excluding hydrogens is 541 g/mol. The summed E-state index contributed by atoms with van der Waals surface area (Å²) in [6.07, 6.45) is 1.24. The maximum atomic E-state index is 13.5. The molecule has 10 nitrogen and oxygen atoms in total. The van der Waals surface area contributed by atoms with Gasteiger partial charge < -0.3 is 21.1 Å². The molecule has 37 heavy (non-hydrogen) atoms. The SMILES string of the molecule is Cl.Cn1nc(C(=O)NCc2ccc(Cl)cc2)c2c1C(=O)N(CC1(S(=O)(=O)C(C)(C)C(N)CO)CC1)CC2. The summed E-state index contributed by atoms with van der Waals surface area (Å²) in [6.45, 7) is 3.20. The topological polar surface area (TPSA) is 148 Å². The van der Waals surface area contributed by atoms with E-state index in [0.717, 1.165) is 5.56 Å². The number of carbonyl (C=O) groups excluding carboxylic acids is 2. The van der Waals surface area contributed by atoms with E-state index in [1.807, 2.05) is 12.1 Å². The van der Waals surface area contributed by atoms with Gasteiger partial charge in [-0.3, -0.25) is 14.3 Å². The molecule has 1 saturated carbocycles. The quantitative estimate of drug-likeness (QED) is 0.411. The van der Waals surface area contributed by atoms with Crippen LogP contribution in [0.15, 0.2) is 24.3 Å². The normalized spacial score (nSPS) is 17.6. The van der Waals surface area contributed by atoms with E-state index in [4.69, 9.17) is 17.3 Å². The molecule has 1 aliphatic heterocycles. The minimum Gasteiger partial charge on any atom is -0.395 e. The lowest BCUT2D eigenvalue weighted by Gasteiger charge is -2.37. The number of aliphatic hydroxyl groups is 1. The molecule has 2 heterocycles. The molecule has 2 amide bonds. The Morgan fingerprint density at radius 3 is 2.49 bits per heavy atom. The average molecular weight is 575 g/mol. The van der Waals surface area contributed by atoms with Crippen LogP contribution in [0.3, 0.4) is 0 Å². The molecule has 204 valence electrons.